The molecule has 0 unspecified atom stereocenters. The van der Waals surface area contributed by atoms with Crippen molar-refractivity contribution in [2.75, 3.05) is 0 Å². The Kier molecular flexibility index (Phi) is 5.46. The van der Waals surface area contributed by atoms with Gasteiger partial charge in [0.2, 0.25) is 0 Å². The lowest BCUT2D eigenvalue weighted by molar-refractivity contribution is 1.22. The Morgan fingerprint density at radius 1 is 0.667 bits per heavy atom. The Bertz CT molecular complexity index is 1080. The first kappa shape index (κ1) is 18.1. The van der Waals surface area contributed by atoms with E-state index in [0.29, 0.717) is 0 Å². The van der Waals surface area contributed by atoms with Gasteiger partial charge in [0.1, 0.15) is 0 Å². The van der Waals surface area contributed by atoms with E-state index < -0.39 is 0 Å². The number of pyridine rings is 2. The minimum atomic E-state index is 0.914. The first-order valence-electron chi connectivity index (χ1n) is 8.47. The number of hydrogen-bond acceptors (Lipinski definition) is 2. The highest BCUT2D eigenvalue weighted by Crippen LogP contribution is 2.27. The highest BCUT2D eigenvalue weighted by molar-refractivity contribution is 9.10. The summed E-state index contributed by atoms with van der Waals surface area (Å²) in [5.41, 5.74) is 6.04. The van der Waals surface area contributed by atoms with Crippen molar-refractivity contribution in [2.45, 2.75) is 0 Å². The Morgan fingerprint density at radius 3 is 2.30 bits per heavy atom. The van der Waals surface area contributed by atoms with Crippen molar-refractivity contribution in [3.63, 3.8) is 0 Å². The molecule has 0 aliphatic rings. The number of aromatic nitrogens is 2. The SMILES string of the molecule is Brc1cc([CH]c2cccc(-c3cccc(Br)c3)n2)cc(-c2ccccn2)c1. The van der Waals surface area contributed by atoms with Crippen LogP contribution in [0.5, 0.6) is 0 Å². The largest absolute Gasteiger partial charge is 0.256 e. The van der Waals surface area contributed by atoms with Crippen molar-refractivity contribution in [1.82, 2.24) is 9.97 Å². The fraction of sp³-hybridized carbons (Fsp3) is 0. The topological polar surface area (TPSA) is 25.8 Å². The Hall–Kier alpha value is -2.30. The molecular weight excluding hydrogens is 464 g/mol. The smallest absolute Gasteiger partial charge is 0.0705 e. The molecule has 0 amide bonds. The second kappa shape index (κ2) is 8.15. The van der Waals surface area contributed by atoms with Crippen LogP contribution in [0.15, 0.2) is 94.0 Å². The standard InChI is InChI=1S/C23H15Br2N2/c24-19-6-3-5-17(14-19)23-9-4-7-21(27-23)13-16-11-18(15-20(25)12-16)22-8-1-2-10-26-22/h1-15H. The highest BCUT2D eigenvalue weighted by Gasteiger charge is 2.07. The highest BCUT2D eigenvalue weighted by atomic mass is 79.9. The van der Waals surface area contributed by atoms with Gasteiger partial charge in [-0.05, 0) is 60.2 Å². The third-order valence-corrected chi connectivity index (χ3v) is 5.04. The molecule has 0 saturated heterocycles. The summed E-state index contributed by atoms with van der Waals surface area (Å²) in [5.74, 6) is 0. The van der Waals surface area contributed by atoms with Crippen LogP contribution in [0.25, 0.3) is 22.5 Å². The summed E-state index contributed by atoms with van der Waals surface area (Å²) in [5, 5.41) is 0. The van der Waals surface area contributed by atoms with Crippen molar-refractivity contribution in [3.8, 4) is 22.5 Å². The van der Waals surface area contributed by atoms with Gasteiger partial charge in [-0.2, -0.15) is 0 Å². The van der Waals surface area contributed by atoms with Gasteiger partial charge in [0.05, 0.1) is 11.4 Å². The fourth-order valence-corrected chi connectivity index (χ4v) is 3.80. The lowest BCUT2D eigenvalue weighted by atomic mass is 10.0. The monoisotopic (exact) mass is 477 g/mol. The van der Waals surface area contributed by atoms with Gasteiger partial charge in [-0.25, -0.2) is 0 Å². The van der Waals surface area contributed by atoms with Crippen molar-refractivity contribution in [1.29, 1.82) is 0 Å². The van der Waals surface area contributed by atoms with Crippen LogP contribution < -0.4 is 0 Å². The predicted octanol–water partition coefficient (Wildman–Crippen LogP) is 6.94. The van der Waals surface area contributed by atoms with Crippen LogP contribution in [0.3, 0.4) is 0 Å². The van der Waals surface area contributed by atoms with E-state index in [1.54, 1.807) is 0 Å². The molecule has 0 N–H and O–H groups in total. The molecule has 0 aliphatic carbocycles. The molecule has 2 aromatic carbocycles. The number of nitrogens with zero attached hydrogens (tertiary/aromatic N) is 2. The van der Waals surface area contributed by atoms with Gasteiger partial charge in [0.25, 0.3) is 0 Å². The van der Waals surface area contributed by atoms with Gasteiger partial charge < -0.3 is 0 Å². The lowest BCUT2D eigenvalue weighted by Gasteiger charge is -2.08. The van der Waals surface area contributed by atoms with Gasteiger partial charge in [-0.3, -0.25) is 9.97 Å². The number of hydrogen-bond donors (Lipinski definition) is 0. The summed E-state index contributed by atoms with van der Waals surface area (Å²) in [6.07, 6.45) is 3.89. The Labute approximate surface area is 175 Å². The molecule has 27 heavy (non-hydrogen) atoms. The molecule has 0 atom stereocenters. The molecule has 0 bridgehead atoms. The van der Waals surface area contributed by atoms with E-state index in [0.717, 1.165) is 42.7 Å². The zero-order valence-corrected chi connectivity index (χ0v) is 17.5. The molecule has 2 aromatic heterocycles. The molecule has 4 rings (SSSR count). The van der Waals surface area contributed by atoms with Crippen LogP contribution in [0, 0.1) is 6.42 Å². The van der Waals surface area contributed by atoms with Gasteiger partial charge in [0, 0.05) is 38.4 Å². The van der Waals surface area contributed by atoms with E-state index in [-0.39, 0.29) is 0 Å². The van der Waals surface area contributed by atoms with Crippen LogP contribution in [0.2, 0.25) is 0 Å². The van der Waals surface area contributed by atoms with E-state index in [1.807, 2.05) is 54.7 Å². The lowest BCUT2D eigenvalue weighted by Crippen LogP contribution is -1.93. The Morgan fingerprint density at radius 2 is 1.48 bits per heavy atom. The zero-order chi connectivity index (χ0) is 18.6. The molecular formula is C23H15Br2N2. The van der Waals surface area contributed by atoms with Crippen LogP contribution in [0.1, 0.15) is 11.3 Å². The summed E-state index contributed by atoms with van der Waals surface area (Å²) in [4.78, 5) is 9.25. The maximum atomic E-state index is 4.80. The Balaban J connectivity index is 1.65. The van der Waals surface area contributed by atoms with Gasteiger partial charge in [-0.1, -0.05) is 56.1 Å². The number of rotatable bonds is 4. The third kappa shape index (κ3) is 4.52. The second-order valence-electron chi connectivity index (χ2n) is 6.09. The third-order valence-electron chi connectivity index (χ3n) is 4.09. The van der Waals surface area contributed by atoms with Crippen molar-refractivity contribution >= 4 is 31.9 Å². The van der Waals surface area contributed by atoms with Crippen molar-refractivity contribution < 1.29 is 0 Å². The molecule has 2 heterocycles. The predicted molar refractivity (Wildman–Crippen MR) is 117 cm³/mol. The van der Waals surface area contributed by atoms with Crippen molar-refractivity contribution in [3.05, 3.63) is 112 Å². The quantitative estimate of drug-likeness (QED) is 0.317. The summed E-state index contributed by atoms with van der Waals surface area (Å²) in [6.45, 7) is 0. The second-order valence-corrected chi connectivity index (χ2v) is 7.92. The van der Waals surface area contributed by atoms with E-state index >= 15 is 0 Å². The minimum absolute atomic E-state index is 0.914. The van der Waals surface area contributed by atoms with E-state index in [4.69, 9.17) is 4.98 Å². The molecule has 4 aromatic rings. The molecule has 4 heteroatoms. The molecule has 131 valence electrons. The maximum Gasteiger partial charge on any atom is 0.0705 e. The van der Waals surface area contributed by atoms with Crippen LogP contribution in [0.4, 0.5) is 0 Å². The molecule has 0 fully saturated rings. The summed E-state index contributed by atoms with van der Waals surface area (Å²) in [7, 11) is 0. The number of benzene rings is 2. The molecule has 0 saturated carbocycles. The zero-order valence-electron chi connectivity index (χ0n) is 14.3. The van der Waals surface area contributed by atoms with Gasteiger partial charge >= 0.3 is 0 Å². The molecule has 0 spiro atoms. The van der Waals surface area contributed by atoms with Gasteiger partial charge in [-0.15, -0.1) is 0 Å². The maximum absolute atomic E-state index is 4.80. The van der Waals surface area contributed by atoms with E-state index in [2.05, 4.69) is 73.6 Å². The normalized spacial score (nSPS) is 10.7. The average molecular weight is 479 g/mol. The van der Waals surface area contributed by atoms with Crippen LogP contribution in [-0.4, -0.2) is 9.97 Å². The first-order valence-corrected chi connectivity index (χ1v) is 10.1. The van der Waals surface area contributed by atoms with Crippen molar-refractivity contribution in [2.24, 2.45) is 0 Å². The summed E-state index contributed by atoms with van der Waals surface area (Å²) >= 11 is 7.13. The number of halogens is 2. The van der Waals surface area contributed by atoms with E-state index in [9.17, 15) is 0 Å². The molecule has 1 radical (unpaired) electrons. The first-order chi connectivity index (χ1) is 13.2. The minimum Gasteiger partial charge on any atom is -0.256 e. The molecule has 0 aliphatic heterocycles. The van der Waals surface area contributed by atoms with E-state index in [1.165, 1.54) is 0 Å². The summed E-state index contributed by atoms with van der Waals surface area (Å²) < 4.78 is 2.06. The fourth-order valence-electron chi connectivity index (χ4n) is 2.89. The van der Waals surface area contributed by atoms with Gasteiger partial charge in [0.15, 0.2) is 0 Å². The van der Waals surface area contributed by atoms with Crippen LogP contribution >= 0.6 is 31.9 Å². The van der Waals surface area contributed by atoms with Crippen LogP contribution in [-0.2, 0) is 0 Å². The average Bonchev–Trinajstić information content (AvgIpc) is 2.68. The summed E-state index contributed by atoms with van der Waals surface area (Å²) in [6, 6.07) is 26.5. The molecule has 2 nitrogen and oxygen atoms in total.